The van der Waals surface area contributed by atoms with Gasteiger partial charge < -0.3 is 25.8 Å². The summed E-state index contributed by atoms with van der Waals surface area (Å²) in [6.45, 7) is 7.90. The van der Waals surface area contributed by atoms with Crippen molar-refractivity contribution in [2.45, 2.75) is 71.4 Å². The number of aromatic amines is 1. The van der Waals surface area contributed by atoms with E-state index >= 15 is 0 Å². The lowest BCUT2D eigenvalue weighted by Gasteiger charge is -2.29. The second kappa shape index (κ2) is 15.7. The summed E-state index contributed by atoms with van der Waals surface area (Å²) in [5.41, 5.74) is 4.46. The number of ether oxygens (including phenoxy) is 1. The molecule has 0 aliphatic heterocycles. The Hall–Kier alpha value is -5.59. The maximum Gasteiger partial charge on any atom is 0.407 e. The fourth-order valence-electron chi connectivity index (χ4n) is 6.02. The Labute approximate surface area is 290 Å². The van der Waals surface area contributed by atoms with Crippen molar-refractivity contribution in [3.05, 3.63) is 83.4 Å². The van der Waals surface area contributed by atoms with E-state index in [1.54, 1.807) is 48.5 Å². The standard InChI is InChI=1S/C37H43N7O6/c1-22-5-6-24(19-30(22)25-11-13-28(14-12-25)35(47)48)20-31(34(46)39-29-17-15-26(16-18-29)32-41-43-44-42-32)40-33(45)27-9-7-23(8-10-27)21-38-36(49)50-37(2,3)4/h5-6,11-19,23,27,31H,7-10,20-21H2,1-4H3,(H,38,49)(H,39,46)(H,40,45)(H,47,48)(H,41,42,43,44)/t23?,27?,31-/m0/s1. The monoisotopic (exact) mass is 681 g/mol. The minimum absolute atomic E-state index is 0.187. The van der Waals surface area contributed by atoms with Gasteiger partial charge in [-0.15, -0.1) is 10.2 Å². The van der Waals surface area contributed by atoms with Gasteiger partial charge in [0.1, 0.15) is 11.6 Å². The highest BCUT2D eigenvalue weighted by Gasteiger charge is 2.30. The summed E-state index contributed by atoms with van der Waals surface area (Å²) < 4.78 is 5.34. The molecule has 5 rings (SSSR count). The number of anilines is 1. The molecule has 0 bridgehead atoms. The van der Waals surface area contributed by atoms with E-state index in [1.165, 1.54) is 0 Å². The van der Waals surface area contributed by atoms with Gasteiger partial charge in [-0.05, 0) is 123 Å². The third-order valence-electron chi connectivity index (χ3n) is 8.73. The molecule has 1 aliphatic carbocycles. The lowest BCUT2D eigenvalue weighted by molar-refractivity contribution is -0.130. The van der Waals surface area contributed by atoms with Crippen LogP contribution in [-0.2, 0) is 20.7 Å². The van der Waals surface area contributed by atoms with E-state index in [1.807, 2.05) is 45.9 Å². The number of aryl methyl sites for hydroxylation is 1. The number of carbonyl (C=O) groups excluding carboxylic acids is 3. The number of carboxylic acid groups (broad SMARTS) is 1. The molecule has 3 aromatic carbocycles. The number of H-pyrrole nitrogens is 1. The van der Waals surface area contributed by atoms with Crippen LogP contribution in [0.3, 0.4) is 0 Å². The second-order valence-electron chi connectivity index (χ2n) is 13.7. The predicted octanol–water partition coefficient (Wildman–Crippen LogP) is 5.54. The number of aromatic nitrogens is 4. The maximum atomic E-state index is 13.8. The lowest BCUT2D eigenvalue weighted by atomic mass is 9.81. The van der Waals surface area contributed by atoms with Gasteiger partial charge in [-0.3, -0.25) is 9.59 Å². The van der Waals surface area contributed by atoms with Crippen LogP contribution < -0.4 is 16.0 Å². The van der Waals surface area contributed by atoms with Crippen molar-refractivity contribution in [1.29, 1.82) is 0 Å². The van der Waals surface area contributed by atoms with Crippen molar-refractivity contribution in [3.8, 4) is 22.5 Å². The second-order valence-corrected chi connectivity index (χ2v) is 13.7. The molecule has 262 valence electrons. The van der Waals surface area contributed by atoms with Crippen molar-refractivity contribution < 1.29 is 29.0 Å². The third kappa shape index (κ3) is 9.74. The number of benzene rings is 3. The van der Waals surface area contributed by atoms with E-state index in [9.17, 15) is 24.3 Å². The van der Waals surface area contributed by atoms with E-state index in [-0.39, 0.29) is 35.6 Å². The summed E-state index contributed by atoms with van der Waals surface area (Å²) in [7, 11) is 0. The van der Waals surface area contributed by atoms with Crippen LogP contribution in [0.15, 0.2) is 66.7 Å². The molecule has 1 atom stereocenters. The summed E-state index contributed by atoms with van der Waals surface area (Å²) in [6, 6.07) is 18.6. The van der Waals surface area contributed by atoms with Crippen molar-refractivity contribution in [2.24, 2.45) is 11.8 Å². The van der Waals surface area contributed by atoms with Crippen LogP contribution >= 0.6 is 0 Å². The number of nitrogens with one attached hydrogen (secondary N) is 4. The number of hydrogen-bond acceptors (Lipinski definition) is 8. The molecule has 0 spiro atoms. The van der Waals surface area contributed by atoms with Gasteiger partial charge in [-0.1, -0.05) is 30.3 Å². The fourth-order valence-corrected chi connectivity index (χ4v) is 6.02. The normalized spacial score (nSPS) is 16.6. The first-order valence-corrected chi connectivity index (χ1v) is 16.7. The quantitative estimate of drug-likeness (QED) is 0.135. The largest absolute Gasteiger partial charge is 0.478 e. The average Bonchev–Trinajstić information content (AvgIpc) is 3.63. The number of hydrogen-bond donors (Lipinski definition) is 5. The molecule has 1 aromatic heterocycles. The number of nitrogens with zero attached hydrogens (tertiary/aromatic N) is 3. The van der Waals surface area contributed by atoms with Gasteiger partial charge in [0.2, 0.25) is 17.6 Å². The van der Waals surface area contributed by atoms with Crippen LogP contribution in [0.25, 0.3) is 22.5 Å². The highest BCUT2D eigenvalue weighted by atomic mass is 16.6. The number of rotatable bonds is 11. The van der Waals surface area contributed by atoms with Crippen LogP contribution in [-0.4, -0.2) is 67.8 Å². The molecule has 1 heterocycles. The van der Waals surface area contributed by atoms with Crippen LogP contribution in [0.2, 0.25) is 0 Å². The molecule has 0 unspecified atom stereocenters. The summed E-state index contributed by atoms with van der Waals surface area (Å²) in [5.74, 6) is -1.16. The molecule has 0 radical (unpaired) electrons. The fraction of sp³-hybridized carbons (Fsp3) is 0.378. The summed E-state index contributed by atoms with van der Waals surface area (Å²) in [6.07, 6.45) is 2.58. The third-order valence-corrected chi connectivity index (χ3v) is 8.73. The predicted molar refractivity (Wildman–Crippen MR) is 187 cm³/mol. The molecule has 13 heteroatoms. The molecule has 50 heavy (non-hydrogen) atoms. The summed E-state index contributed by atoms with van der Waals surface area (Å²) >= 11 is 0. The number of carboxylic acids is 1. The van der Waals surface area contributed by atoms with Gasteiger partial charge in [0.15, 0.2) is 0 Å². The van der Waals surface area contributed by atoms with Gasteiger partial charge in [0.05, 0.1) is 5.56 Å². The molecule has 1 fully saturated rings. The van der Waals surface area contributed by atoms with Crippen LogP contribution in [0.1, 0.15) is 67.9 Å². The average molecular weight is 682 g/mol. The van der Waals surface area contributed by atoms with Crippen LogP contribution in [0.5, 0.6) is 0 Å². The molecule has 0 saturated heterocycles. The first-order valence-electron chi connectivity index (χ1n) is 16.7. The van der Waals surface area contributed by atoms with Crippen molar-refractivity contribution >= 4 is 29.6 Å². The summed E-state index contributed by atoms with van der Waals surface area (Å²) in [5, 5.41) is 32.1. The molecular weight excluding hydrogens is 638 g/mol. The minimum Gasteiger partial charge on any atom is -0.478 e. The van der Waals surface area contributed by atoms with Gasteiger partial charge in [0.25, 0.3) is 0 Å². The Morgan fingerprint density at radius 3 is 2.24 bits per heavy atom. The first-order chi connectivity index (χ1) is 23.8. The molecule has 3 amide bonds. The zero-order chi connectivity index (χ0) is 35.8. The van der Waals surface area contributed by atoms with Gasteiger partial charge in [-0.25, -0.2) is 9.59 Å². The van der Waals surface area contributed by atoms with Gasteiger partial charge >= 0.3 is 12.1 Å². The molecule has 5 N–H and O–H groups in total. The lowest BCUT2D eigenvalue weighted by Crippen LogP contribution is -2.48. The zero-order valence-corrected chi connectivity index (χ0v) is 28.7. The molecule has 13 nitrogen and oxygen atoms in total. The van der Waals surface area contributed by atoms with E-state index in [4.69, 9.17) is 4.74 Å². The Balaban J connectivity index is 1.28. The minimum atomic E-state index is -0.998. The van der Waals surface area contributed by atoms with Crippen LogP contribution in [0.4, 0.5) is 10.5 Å². The highest BCUT2D eigenvalue weighted by Crippen LogP contribution is 2.30. The number of amides is 3. The maximum absolute atomic E-state index is 13.8. The van der Waals surface area contributed by atoms with Gasteiger partial charge in [0, 0.05) is 30.1 Å². The van der Waals surface area contributed by atoms with Crippen molar-refractivity contribution in [2.75, 3.05) is 11.9 Å². The molecule has 1 aliphatic rings. The SMILES string of the molecule is Cc1ccc(C[C@H](NC(=O)C2CCC(CNC(=O)OC(C)(C)C)CC2)C(=O)Nc2ccc(-c3nn[nH]n3)cc2)cc1-c1ccc(C(=O)O)cc1. The Kier molecular flexibility index (Phi) is 11.2. The van der Waals surface area contributed by atoms with Gasteiger partial charge in [-0.2, -0.15) is 5.21 Å². The van der Waals surface area contributed by atoms with E-state index in [2.05, 4.69) is 36.6 Å². The topological polar surface area (TPSA) is 188 Å². The molecule has 1 saturated carbocycles. The Morgan fingerprint density at radius 1 is 0.940 bits per heavy atom. The van der Waals surface area contributed by atoms with E-state index in [0.717, 1.165) is 40.7 Å². The van der Waals surface area contributed by atoms with Crippen molar-refractivity contribution in [3.63, 3.8) is 0 Å². The van der Waals surface area contributed by atoms with E-state index in [0.29, 0.717) is 30.9 Å². The summed E-state index contributed by atoms with van der Waals surface area (Å²) in [4.78, 5) is 50.9. The molecule has 4 aromatic rings. The van der Waals surface area contributed by atoms with Crippen molar-refractivity contribution in [1.82, 2.24) is 31.3 Å². The van der Waals surface area contributed by atoms with E-state index < -0.39 is 23.7 Å². The zero-order valence-electron chi connectivity index (χ0n) is 28.7. The Morgan fingerprint density at radius 2 is 1.62 bits per heavy atom. The number of aromatic carboxylic acids is 1. The number of alkyl carbamates (subject to hydrolysis) is 1. The Bertz CT molecular complexity index is 1790. The first kappa shape index (κ1) is 35.7. The molecular formula is C37H43N7O6. The number of tetrazole rings is 1. The highest BCUT2D eigenvalue weighted by molar-refractivity contribution is 5.98. The number of carbonyl (C=O) groups is 4. The van der Waals surface area contributed by atoms with Crippen LogP contribution in [0, 0.1) is 18.8 Å². The smallest absolute Gasteiger partial charge is 0.407 e.